The number of hydrogen-bond acceptors (Lipinski definition) is 2. The van der Waals surface area contributed by atoms with E-state index < -0.39 is 11.8 Å². The fourth-order valence-corrected chi connectivity index (χ4v) is 1.01. The van der Waals surface area contributed by atoms with Crippen LogP contribution in [0.5, 0.6) is 0 Å². The second-order valence-corrected chi connectivity index (χ2v) is 2.87. The van der Waals surface area contributed by atoms with E-state index in [-0.39, 0.29) is 12.0 Å². The van der Waals surface area contributed by atoms with Crippen molar-refractivity contribution >= 4 is 11.8 Å². The molecular weight excluding hydrogens is 180 g/mol. The van der Waals surface area contributed by atoms with Crippen LogP contribution in [0.2, 0.25) is 0 Å². The van der Waals surface area contributed by atoms with Crippen LogP contribution in [0.15, 0.2) is 42.5 Å². The third kappa shape index (κ3) is 2.55. The number of hydrogen-bond donors (Lipinski definition) is 1. The molecule has 3 heteroatoms. The van der Waals surface area contributed by atoms with Crippen molar-refractivity contribution in [3.63, 3.8) is 0 Å². The number of carbonyl (C=O) groups is 2. The molecule has 0 amide bonds. The van der Waals surface area contributed by atoms with Crippen molar-refractivity contribution in [2.75, 3.05) is 0 Å². The number of carboxylic acid groups (broad SMARTS) is 1. The highest BCUT2D eigenvalue weighted by atomic mass is 16.4. The van der Waals surface area contributed by atoms with Crippen molar-refractivity contribution in [2.45, 2.75) is 6.42 Å². The van der Waals surface area contributed by atoms with Gasteiger partial charge in [-0.1, -0.05) is 36.9 Å². The van der Waals surface area contributed by atoms with Crippen LogP contribution in [-0.2, 0) is 16.0 Å². The van der Waals surface area contributed by atoms with E-state index in [1.54, 1.807) is 24.3 Å². The van der Waals surface area contributed by atoms with Gasteiger partial charge in [-0.25, -0.2) is 4.79 Å². The van der Waals surface area contributed by atoms with Gasteiger partial charge in [-0.3, -0.25) is 4.79 Å². The van der Waals surface area contributed by atoms with Crippen molar-refractivity contribution in [1.29, 1.82) is 0 Å². The Balaban J connectivity index is 2.67. The highest BCUT2D eigenvalue weighted by Gasteiger charge is 2.14. The first-order chi connectivity index (χ1) is 6.61. The average Bonchev–Trinajstić information content (AvgIpc) is 2.18. The summed E-state index contributed by atoms with van der Waals surface area (Å²) >= 11 is 0. The summed E-state index contributed by atoms with van der Waals surface area (Å²) in [5.41, 5.74) is 0.425. The van der Waals surface area contributed by atoms with Crippen LogP contribution in [0.3, 0.4) is 0 Å². The van der Waals surface area contributed by atoms with Gasteiger partial charge < -0.3 is 5.11 Å². The summed E-state index contributed by atoms with van der Waals surface area (Å²) in [6.07, 6.45) is 0.0893. The van der Waals surface area contributed by atoms with Gasteiger partial charge in [0.2, 0.25) is 0 Å². The summed E-state index contributed by atoms with van der Waals surface area (Å²) in [6.45, 7) is 3.20. The zero-order valence-corrected chi connectivity index (χ0v) is 7.56. The highest BCUT2D eigenvalue weighted by Crippen LogP contribution is 2.04. The fraction of sp³-hybridized carbons (Fsp3) is 0.0909. The molecule has 0 radical (unpaired) electrons. The van der Waals surface area contributed by atoms with Gasteiger partial charge >= 0.3 is 5.97 Å². The van der Waals surface area contributed by atoms with E-state index in [9.17, 15) is 9.59 Å². The van der Waals surface area contributed by atoms with E-state index in [1.165, 1.54) is 0 Å². The maximum Gasteiger partial charge on any atom is 0.338 e. The molecule has 0 aliphatic rings. The van der Waals surface area contributed by atoms with Crippen LogP contribution in [0, 0.1) is 0 Å². The third-order valence-corrected chi connectivity index (χ3v) is 1.80. The molecule has 0 aromatic heterocycles. The first-order valence-electron chi connectivity index (χ1n) is 4.10. The van der Waals surface area contributed by atoms with E-state index >= 15 is 0 Å². The molecule has 0 saturated heterocycles. The van der Waals surface area contributed by atoms with Crippen LogP contribution >= 0.6 is 0 Å². The Bertz CT molecular complexity index is 365. The topological polar surface area (TPSA) is 54.4 Å². The lowest BCUT2D eigenvalue weighted by molar-refractivity contribution is -0.134. The van der Waals surface area contributed by atoms with E-state index in [1.807, 2.05) is 6.07 Å². The molecule has 0 heterocycles. The lowest BCUT2D eigenvalue weighted by atomic mass is 10.0. The maximum absolute atomic E-state index is 11.3. The van der Waals surface area contributed by atoms with Crippen molar-refractivity contribution in [1.82, 2.24) is 0 Å². The van der Waals surface area contributed by atoms with Gasteiger partial charge in [-0.2, -0.15) is 0 Å². The molecule has 1 N–H and O–H groups in total. The minimum absolute atomic E-state index is 0.0893. The number of ketones is 1. The lowest BCUT2D eigenvalue weighted by Crippen LogP contribution is -2.13. The molecule has 3 nitrogen and oxygen atoms in total. The number of carbonyl (C=O) groups excluding carboxylic acids is 1. The largest absolute Gasteiger partial charge is 0.478 e. The Morgan fingerprint density at radius 2 is 1.79 bits per heavy atom. The summed E-state index contributed by atoms with van der Waals surface area (Å²) in [5.74, 6) is -1.71. The van der Waals surface area contributed by atoms with Gasteiger partial charge in [0.15, 0.2) is 5.78 Å². The van der Waals surface area contributed by atoms with Crippen LogP contribution < -0.4 is 0 Å². The van der Waals surface area contributed by atoms with Crippen LogP contribution in [-0.4, -0.2) is 16.9 Å². The first-order valence-corrected chi connectivity index (χ1v) is 4.10. The molecule has 0 unspecified atom stereocenters. The van der Waals surface area contributed by atoms with Gasteiger partial charge in [0.05, 0.1) is 5.57 Å². The molecule has 1 aromatic carbocycles. The monoisotopic (exact) mass is 190 g/mol. The standard InChI is InChI=1S/C11H10O3/c1-8(11(13)14)10(12)7-9-5-3-2-4-6-9/h2-6H,1,7H2,(H,13,14). The average molecular weight is 190 g/mol. The molecule has 0 aliphatic heterocycles. The van der Waals surface area contributed by atoms with Crippen molar-refractivity contribution in [2.24, 2.45) is 0 Å². The fourth-order valence-electron chi connectivity index (χ4n) is 1.01. The second-order valence-electron chi connectivity index (χ2n) is 2.87. The van der Waals surface area contributed by atoms with E-state index in [0.29, 0.717) is 0 Å². The number of rotatable bonds is 4. The molecule has 0 saturated carbocycles. The molecule has 0 fully saturated rings. The van der Waals surface area contributed by atoms with Crippen LogP contribution in [0.1, 0.15) is 5.56 Å². The van der Waals surface area contributed by atoms with E-state index in [2.05, 4.69) is 6.58 Å². The van der Waals surface area contributed by atoms with Gasteiger partial charge in [0, 0.05) is 6.42 Å². The second kappa shape index (κ2) is 4.37. The van der Waals surface area contributed by atoms with Gasteiger partial charge in [0.1, 0.15) is 0 Å². The Morgan fingerprint density at radius 1 is 1.21 bits per heavy atom. The number of benzene rings is 1. The molecule has 72 valence electrons. The molecule has 1 aromatic rings. The van der Waals surface area contributed by atoms with E-state index in [4.69, 9.17) is 5.11 Å². The van der Waals surface area contributed by atoms with Crippen LogP contribution in [0.4, 0.5) is 0 Å². The highest BCUT2D eigenvalue weighted by molar-refractivity contribution is 6.16. The summed E-state index contributed by atoms with van der Waals surface area (Å²) in [6, 6.07) is 8.97. The molecule has 0 aliphatic carbocycles. The summed E-state index contributed by atoms with van der Waals surface area (Å²) in [4.78, 5) is 21.7. The van der Waals surface area contributed by atoms with Crippen LogP contribution in [0.25, 0.3) is 0 Å². The van der Waals surface area contributed by atoms with Gasteiger partial charge in [-0.15, -0.1) is 0 Å². The molecule has 0 spiro atoms. The SMILES string of the molecule is C=C(C(=O)O)C(=O)Cc1ccccc1. The zero-order chi connectivity index (χ0) is 10.6. The summed E-state index contributed by atoms with van der Waals surface area (Å²) in [7, 11) is 0. The summed E-state index contributed by atoms with van der Waals surface area (Å²) in [5, 5.41) is 8.51. The predicted molar refractivity (Wildman–Crippen MR) is 51.9 cm³/mol. The number of carboxylic acids is 1. The first kappa shape index (κ1) is 10.2. The smallest absolute Gasteiger partial charge is 0.338 e. The minimum Gasteiger partial charge on any atom is -0.478 e. The number of aliphatic carboxylic acids is 1. The number of Topliss-reactive ketones (excluding diaryl/α,β-unsaturated/α-hetero) is 1. The molecule has 0 atom stereocenters. The van der Waals surface area contributed by atoms with Crippen molar-refractivity contribution < 1.29 is 14.7 Å². The molecule has 0 bridgehead atoms. The molecule has 1 rings (SSSR count). The van der Waals surface area contributed by atoms with Gasteiger partial charge in [-0.05, 0) is 5.56 Å². The lowest BCUT2D eigenvalue weighted by Gasteiger charge is -1.99. The Morgan fingerprint density at radius 3 is 2.29 bits per heavy atom. The Kier molecular flexibility index (Phi) is 3.18. The quantitative estimate of drug-likeness (QED) is 0.444. The van der Waals surface area contributed by atoms with Crippen molar-refractivity contribution in [3.05, 3.63) is 48.0 Å². The summed E-state index contributed by atoms with van der Waals surface area (Å²) < 4.78 is 0. The van der Waals surface area contributed by atoms with Crippen molar-refractivity contribution in [3.8, 4) is 0 Å². The van der Waals surface area contributed by atoms with Gasteiger partial charge in [0.25, 0.3) is 0 Å². The Hall–Kier alpha value is -1.90. The predicted octanol–water partition coefficient (Wildman–Crippen LogP) is 1.44. The minimum atomic E-state index is -1.26. The Labute approximate surface area is 81.7 Å². The van der Waals surface area contributed by atoms with E-state index in [0.717, 1.165) is 5.56 Å². The maximum atomic E-state index is 11.3. The molecular formula is C11H10O3. The molecule has 14 heavy (non-hydrogen) atoms. The zero-order valence-electron chi connectivity index (χ0n) is 7.56. The normalized spacial score (nSPS) is 9.43. The third-order valence-electron chi connectivity index (χ3n) is 1.80.